The number of nitrogens with zero attached hydrogens (tertiary/aromatic N) is 3. The minimum Gasteiger partial charge on any atom is -0.375 e. The molecule has 0 aliphatic carbocycles. The Morgan fingerprint density at radius 2 is 1.65 bits per heavy atom. The van der Waals surface area contributed by atoms with Crippen molar-refractivity contribution >= 4 is 48.0 Å². The molecule has 40 heavy (non-hydrogen) atoms. The van der Waals surface area contributed by atoms with Crippen LogP contribution in [0.2, 0.25) is 0 Å². The SMILES string of the molecule is Nc1nc(-c2cccc(NS(=O)(=O)c3c(F)cccc3F)c2F)c(-c2ccnc(NC3CCS(=O)(=O)CC3)n2)s1. The number of halogens is 3. The molecule has 2 aromatic heterocycles. The van der Waals surface area contributed by atoms with Crippen LogP contribution in [0.5, 0.6) is 0 Å². The van der Waals surface area contributed by atoms with Crippen LogP contribution in [-0.2, 0) is 19.9 Å². The summed E-state index contributed by atoms with van der Waals surface area (Å²) in [5.74, 6) is -3.37. The van der Waals surface area contributed by atoms with Gasteiger partial charge < -0.3 is 11.1 Å². The van der Waals surface area contributed by atoms with E-state index in [1.807, 2.05) is 4.72 Å². The number of sulfone groups is 1. The smallest absolute Gasteiger partial charge is 0.267 e. The number of nitrogens with two attached hydrogens (primary N) is 1. The number of rotatable bonds is 7. The maximum Gasteiger partial charge on any atom is 0.267 e. The molecule has 0 spiro atoms. The lowest BCUT2D eigenvalue weighted by Gasteiger charge is -2.23. The number of nitrogens with one attached hydrogen (secondary N) is 2. The van der Waals surface area contributed by atoms with Gasteiger partial charge in [0.2, 0.25) is 5.95 Å². The van der Waals surface area contributed by atoms with E-state index in [9.17, 15) is 25.6 Å². The molecule has 210 valence electrons. The van der Waals surface area contributed by atoms with Crippen molar-refractivity contribution in [2.24, 2.45) is 0 Å². The molecular weight excluding hydrogens is 589 g/mol. The molecule has 0 bridgehead atoms. The molecular formula is C24H21F3N6O4S3. The van der Waals surface area contributed by atoms with E-state index >= 15 is 4.39 Å². The summed E-state index contributed by atoms with van der Waals surface area (Å²) in [5.41, 5.74) is 5.64. The number of hydrogen-bond donors (Lipinski definition) is 3. The van der Waals surface area contributed by atoms with Gasteiger partial charge in [-0.05, 0) is 43.2 Å². The predicted octanol–water partition coefficient (Wildman–Crippen LogP) is 4.06. The van der Waals surface area contributed by atoms with Crippen LogP contribution in [0.4, 0.5) is 29.9 Å². The van der Waals surface area contributed by atoms with Crippen LogP contribution in [0.15, 0.2) is 53.6 Å². The van der Waals surface area contributed by atoms with Crippen LogP contribution in [0.3, 0.4) is 0 Å². The van der Waals surface area contributed by atoms with E-state index in [0.29, 0.717) is 23.4 Å². The topological polar surface area (TPSA) is 157 Å². The molecule has 1 fully saturated rings. The number of benzene rings is 2. The van der Waals surface area contributed by atoms with E-state index in [2.05, 4.69) is 20.3 Å². The lowest BCUT2D eigenvalue weighted by atomic mass is 10.1. The first kappa shape index (κ1) is 27.8. The largest absolute Gasteiger partial charge is 0.375 e. The molecule has 0 atom stereocenters. The summed E-state index contributed by atoms with van der Waals surface area (Å²) in [4.78, 5) is 12.0. The van der Waals surface area contributed by atoms with E-state index < -0.39 is 47.9 Å². The normalized spacial score (nSPS) is 15.6. The standard InChI is InChI=1S/C24H21F3N6O4S3/c25-15-4-2-5-16(26)22(15)40(36,37)33-17-6-1-3-14(19(17)27)20-21(38-23(28)32-20)18-7-10-29-24(31-18)30-13-8-11-39(34,35)12-9-13/h1-7,10,13,33H,8-9,11-12H2,(H2,28,32)(H,29,30,31). The van der Waals surface area contributed by atoms with Crippen molar-refractivity contribution < 1.29 is 30.0 Å². The van der Waals surface area contributed by atoms with Gasteiger partial charge in [0, 0.05) is 17.8 Å². The van der Waals surface area contributed by atoms with Gasteiger partial charge in [-0.25, -0.2) is 45.0 Å². The molecule has 1 aliphatic rings. The third-order valence-electron chi connectivity index (χ3n) is 6.11. The maximum atomic E-state index is 15.7. The minimum atomic E-state index is -4.83. The maximum absolute atomic E-state index is 15.7. The lowest BCUT2D eigenvalue weighted by molar-refractivity contribution is 0.521. The number of aromatic nitrogens is 3. The Hall–Kier alpha value is -3.76. The zero-order valence-corrected chi connectivity index (χ0v) is 22.9. The molecule has 4 N–H and O–H groups in total. The van der Waals surface area contributed by atoms with Gasteiger partial charge in [-0.15, -0.1) is 0 Å². The van der Waals surface area contributed by atoms with Gasteiger partial charge in [0.25, 0.3) is 10.0 Å². The Bertz CT molecular complexity index is 1780. The monoisotopic (exact) mass is 610 g/mol. The zero-order chi connectivity index (χ0) is 28.7. The van der Waals surface area contributed by atoms with Gasteiger partial charge in [0.1, 0.15) is 21.5 Å². The third-order valence-corrected chi connectivity index (χ3v) is 10.1. The number of nitrogen functional groups attached to an aromatic ring is 1. The van der Waals surface area contributed by atoms with Gasteiger partial charge in [-0.3, -0.25) is 4.72 Å². The molecule has 1 saturated heterocycles. The molecule has 0 saturated carbocycles. The molecule has 2 aromatic carbocycles. The van der Waals surface area contributed by atoms with E-state index in [1.54, 1.807) is 6.07 Å². The Morgan fingerprint density at radius 3 is 2.35 bits per heavy atom. The van der Waals surface area contributed by atoms with Gasteiger partial charge in [-0.2, -0.15) is 0 Å². The van der Waals surface area contributed by atoms with Crippen molar-refractivity contribution in [2.45, 2.75) is 23.8 Å². The van der Waals surface area contributed by atoms with Gasteiger partial charge in [0.05, 0.1) is 33.5 Å². The van der Waals surface area contributed by atoms with E-state index in [-0.39, 0.29) is 39.9 Å². The number of thiazole rings is 1. The van der Waals surface area contributed by atoms with Crippen LogP contribution < -0.4 is 15.8 Å². The first-order valence-electron chi connectivity index (χ1n) is 11.8. The second-order valence-corrected chi connectivity index (χ2v) is 13.8. The van der Waals surface area contributed by atoms with Crippen molar-refractivity contribution in [2.75, 3.05) is 27.3 Å². The molecule has 16 heteroatoms. The Morgan fingerprint density at radius 1 is 0.975 bits per heavy atom. The molecule has 3 heterocycles. The first-order valence-corrected chi connectivity index (χ1v) is 15.9. The quantitative estimate of drug-likeness (QED) is 0.281. The highest BCUT2D eigenvalue weighted by Gasteiger charge is 2.27. The van der Waals surface area contributed by atoms with Crippen LogP contribution in [0.25, 0.3) is 21.8 Å². The van der Waals surface area contributed by atoms with Crippen molar-refractivity contribution in [1.82, 2.24) is 15.0 Å². The van der Waals surface area contributed by atoms with E-state index in [4.69, 9.17) is 5.73 Å². The highest BCUT2D eigenvalue weighted by molar-refractivity contribution is 7.92. The molecule has 0 unspecified atom stereocenters. The summed E-state index contributed by atoms with van der Waals surface area (Å²) in [6, 6.07) is 7.75. The number of hydrogen-bond acceptors (Lipinski definition) is 10. The van der Waals surface area contributed by atoms with Gasteiger partial charge in [0.15, 0.2) is 15.8 Å². The number of anilines is 3. The van der Waals surface area contributed by atoms with Gasteiger partial charge >= 0.3 is 0 Å². The highest BCUT2D eigenvalue weighted by atomic mass is 32.2. The number of sulfonamides is 1. The molecule has 0 amide bonds. The summed E-state index contributed by atoms with van der Waals surface area (Å²) in [6.45, 7) is 0. The van der Waals surface area contributed by atoms with Crippen LogP contribution in [0.1, 0.15) is 12.8 Å². The van der Waals surface area contributed by atoms with Crippen molar-refractivity contribution in [3.05, 3.63) is 66.1 Å². The summed E-state index contributed by atoms with van der Waals surface area (Å²) < 4.78 is 94.7. The average molecular weight is 611 g/mol. The van der Waals surface area contributed by atoms with Crippen molar-refractivity contribution in [1.29, 1.82) is 0 Å². The summed E-state index contributed by atoms with van der Waals surface area (Å²) >= 11 is 1.01. The molecule has 1 aliphatic heterocycles. The Balaban J connectivity index is 1.47. The summed E-state index contributed by atoms with van der Waals surface area (Å²) in [7, 11) is -7.88. The summed E-state index contributed by atoms with van der Waals surface area (Å²) in [6.07, 6.45) is 2.27. The van der Waals surface area contributed by atoms with Gasteiger partial charge in [-0.1, -0.05) is 23.5 Å². The second kappa shape index (κ2) is 10.7. The zero-order valence-electron chi connectivity index (χ0n) is 20.4. The van der Waals surface area contributed by atoms with Crippen molar-refractivity contribution in [3.8, 4) is 21.8 Å². The molecule has 0 radical (unpaired) electrons. The Kier molecular flexibility index (Phi) is 7.41. The summed E-state index contributed by atoms with van der Waals surface area (Å²) in [5, 5.41) is 3.20. The minimum absolute atomic E-state index is 0.0583. The van der Waals surface area contributed by atoms with E-state index in [0.717, 1.165) is 35.6 Å². The molecule has 10 nitrogen and oxygen atoms in total. The first-order chi connectivity index (χ1) is 18.9. The predicted molar refractivity (Wildman–Crippen MR) is 145 cm³/mol. The fourth-order valence-electron chi connectivity index (χ4n) is 4.19. The third kappa shape index (κ3) is 5.73. The van der Waals surface area contributed by atoms with Crippen LogP contribution in [0, 0.1) is 17.5 Å². The lowest BCUT2D eigenvalue weighted by Crippen LogP contribution is -2.32. The van der Waals surface area contributed by atoms with E-state index in [1.165, 1.54) is 18.3 Å². The molecule has 4 aromatic rings. The average Bonchev–Trinajstić information content (AvgIpc) is 3.28. The highest BCUT2D eigenvalue weighted by Crippen LogP contribution is 2.40. The van der Waals surface area contributed by atoms with Crippen LogP contribution >= 0.6 is 11.3 Å². The fraction of sp³-hybridized carbons (Fsp3) is 0.208. The molecule has 5 rings (SSSR count). The fourth-order valence-corrected chi connectivity index (χ4v) is 7.70. The van der Waals surface area contributed by atoms with Crippen LogP contribution in [-0.4, -0.2) is 49.3 Å². The van der Waals surface area contributed by atoms with Crippen molar-refractivity contribution in [3.63, 3.8) is 0 Å². The second-order valence-electron chi connectivity index (χ2n) is 8.89. The Labute approximate surface area is 231 Å².